The van der Waals surface area contributed by atoms with E-state index in [-0.39, 0.29) is 68.6 Å². The molecule has 1 aromatic carbocycles. The van der Waals surface area contributed by atoms with Crippen molar-refractivity contribution in [1.82, 2.24) is 24.5 Å². The number of hydrogen-bond donors (Lipinski definition) is 3. The molecule has 0 bridgehead atoms. The Morgan fingerprint density at radius 3 is 2.64 bits per heavy atom. The normalized spacial score (nSPS) is 10.8. The summed E-state index contributed by atoms with van der Waals surface area (Å²) in [5, 5.41) is 12.7. The zero-order valence-electron chi connectivity index (χ0n) is 16.7. The predicted octanol–water partition coefficient (Wildman–Crippen LogP) is 2.71. The van der Waals surface area contributed by atoms with Gasteiger partial charge in [0.25, 0.3) is 5.56 Å². The van der Waals surface area contributed by atoms with Crippen LogP contribution in [0.1, 0.15) is 11.4 Å². The highest BCUT2D eigenvalue weighted by Crippen LogP contribution is 2.27. The third-order valence-electron chi connectivity index (χ3n) is 4.65. The molecule has 0 spiro atoms. The number of halogens is 3. The highest BCUT2D eigenvalue weighted by atomic mass is 35.5. The fraction of sp³-hybridized carbons (Fsp3) is 0.100. The first-order valence-electron chi connectivity index (χ1n) is 9.37. The third-order valence-corrected chi connectivity index (χ3v) is 5.27. The summed E-state index contributed by atoms with van der Waals surface area (Å²) in [4.78, 5) is 29.4. The van der Waals surface area contributed by atoms with E-state index in [0.717, 1.165) is 12.3 Å². The van der Waals surface area contributed by atoms with Gasteiger partial charge in [-0.15, -0.1) is 0 Å². The minimum atomic E-state index is -0.633. The molecular formula is C20H14Cl2FN9O. The second-order valence-corrected chi connectivity index (χ2v) is 7.58. The van der Waals surface area contributed by atoms with E-state index >= 15 is 0 Å². The van der Waals surface area contributed by atoms with Gasteiger partial charge in [-0.1, -0.05) is 23.2 Å². The Labute approximate surface area is 195 Å². The van der Waals surface area contributed by atoms with E-state index in [9.17, 15) is 14.4 Å². The van der Waals surface area contributed by atoms with E-state index in [2.05, 4.69) is 25.3 Å². The minimum Gasteiger partial charge on any atom is -0.382 e. The molecule has 166 valence electrons. The fourth-order valence-corrected chi connectivity index (χ4v) is 3.68. The van der Waals surface area contributed by atoms with Crippen LogP contribution in [0.4, 0.5) is 22.0 Å². The summed E-state index contributed by atoms with van der Waals surface area (Å²) in [7, 11) is 0. The van der Waals surface area contributed by atoms with Gasteiger partial charge in [0.2, 0.25) is 5.95 Å². The second-order valence-electron chi connectivity index (χ2n) is 6.76. The smallest absolute Gasteiger partial charge is 0.267 e. The average molecular weight is 486 g/mol. The van der Waals surface area contributed by atoms with Crippen molar-refractivity contribution in [2.75, 3.05) is 23.3 Å². The molecule has 33 heavy (non-hydrogen) atoms. The molecule has 0 aliphatic heterocycles. The Kier molecular flexibility index (Phi) is 5.95. The van der Waals surface area contributed by atoms with Crippen LogP contribution in [0.15, 0.2) is 35.4 Å². The lowest BCUT2D eigenvalue weighted by molar-refractivity contribution is 0.618. The number of nitrogens with zero attached hydrogens (tertiary/aromatic N) is 6. The van der Waals surface area contributed by atoms with E-state index < -0.39 is 11.4 Å². The third kappa shape index (κ3) is 4.21. The van der Waals surface area contributed by atoms with Gasteiger partial charge in [0.1, 0.15) is 29.1 Å². The molecule has 0 fully saturated rings. The van der Waals surface area contributed by atoms with Gasteiger partial charge in [0.05, 0.1) is 39.0 Å². The number of nitrogen functional groups attached to an aromatic ring is 2. The number of pyridine rings is 1. The molecule has 0 saturated carbocycles. The topological polar surface area (TPSA) is 161 Å². The SMILES string of the molecule is N#Cc1c(N)nc(N)nc1NCCc1nc2c(Cl)ccc(Cl)c2c(=O)n1-c1cncc(F)c1. The maximum absolute atomic E-state index is 13.9. The Balaban J connectivity index is 1.80. The van der Waals surface area contributed by atoms with E-state index in [1.54, 1.807) is 0 Å². The number of nitrogens with two attached hydrogens (primary N) is 2. The van der Waals surface area contributed by atoms with Gasteiger partial charge in [0.15, 0.2) is 5.82 Å². The number of nitriles is 1. The summed E-state index contributed by atoms with van der Waals surface area (Å²) in [6.45, 7) is 0.156. The van der Waals surface area contributed by atoms with Crippen LogP contribution >= 0.6 is 23.2 Å². The highest BCUT2D eigenvalue weighted by Gasteiger charge is 2.18. The number of hydrogen-bond acceptors (Lipinski definition) is 9. The largest absolute Gasteiger partial charge is 0.382 e. The van der Waals surface area contributed by atoms with Gasteiger partial charge in [-0.3, -0.25) is 14.3 Å². The summed E-state index contributed by atoms with van der Waals surface area (Å²) in [6.07, 6.45) is 2.48. The van der Waals surface area contributed by atoms with Crippen molar-refractivity contribution in [2.45, 2.75) is 6.42 Å². The van der Waals surface area contributed by atoms with E-state index in [1.807, 2.05) is 6.07 Å². The quantitative estimate of drug-likeness (QED) is 0.385. The van der Waals surface area contributed by atoms with Crippen molar-refractivity contribution in [3.8, 4) is 11.8 Å². The van der Waals surface area contributed by atoms with Gasteiger partial charge < -0.3 is 16.8 Å². The number of benzene rings is 1. The van der Waals surface area contributed by atoms with E-state index in [4.69, 9.17) is 34.7 Å². The predicted molar refractivity (Wildman–Crippen MR) is 123 cm³/mol. The summed E-state index contributed by atoms with van der Waals surface area (Å²) < 4.78 is 15.1. The second kappa shape index (κ2) is 8.85. The lowest BCUT2D eigenvalue weighted by Crippen LogP contribution is -2.26. The monoisotopic (exact) mass is 485 g/mol. The van der Waals surface area contributed by atoms with Gasteiger partial charge in [-0.25, -0.2) is 9.37 Å². The molecule has 3 heterocycles. The van der Waals surface area contributed by atoms with Crippen molar-refractivity contribution in [2.24, 2.45) is 0 Å². The Bertz CT molecular complexity index is 1500. The molecular weight excluding hydrogens is 472 g/mol. The summed E-state index contributed by atoms with van der Waals surface area (Å²) in [6, 6.07) is 6.07. The fourth-order valence-electron chi connectivity index (χ4n) is 3.25. The molecule has 3 aromatic heterocycles. The first-order chi connectivity index (χ1) is 15.8. The summed E-state index contributed by atoms with van der Waals surface area (Å²) in [5.41, 5.74) is 11.2. The van der Waals surface area contributed by atoms with Crippen molar-refractivity contribution in [1.29, 1.82) is 5.26 Å². The minimum absolute atomic E-state index is 0.0252. The zero-order valence-corrected chi connectivity index (χ0v) is 18.2. The molecule has 0 aliphatic carbocycles. The van der Waals surface area contributed by atoms with Gasteiger partial charge >= 0.3 is 0 Å². The molecule has 13 heteroatoms. The molecule has 0 unspecified atom stereocenters. The maximum atomic E-state index is 13.9. The van der Waals surface area contributed by atoms with Crippen LogP contribution in [0.2, 0.25) is 10.0 Å². The number of fused-ring (bicyclic) bond motifs is 1. The van der Waals surface area contributed by atoms with Crippen LogP contribution in [-0.2, 0) is 6.42 Å². The van der Waals surface area contributed by atoms with Gasteiger partial charge in [-0.05, 0) is 12.1 Å². The molecule has 0 aliphatic rings. The van der Waals surface area contributed by atoms with Gasteiger partial charge in [-0.2, -0.15) is 15.2 Å². The van der Waals surface area contributed by atoms with E-state index in [0.29, 0.717) is 0 Å². The number of rotatable bonds is 5. The maximum Gasteiger partial charge on any atom is 0.267 e. The van der Waals surface area contributed by atoms with E-state index in [1.165, 1.54) is 22.9 Å². The standard InChI is InChI=1S/C20H14Cl2FN9O/c21-12-1-2-13(22)16-15(12)19(33)32(10-5-9(23)7-27-8-10)14(29-16)3-4-28-18-11(6-24)17(25)30-20(26)31-18/h1-2,5,7-8H,3-4H2,(H5,25,26,28,30,31). The number of nitrogens with one attached hydrogen (secondary N) is 1. The van der Waals surface area contributed by atoms with Crippen molar-refractivity contribution in [3.63, 3.8) is 0 Å². The number of anilines is 3. The number of aromatic nitrogens is 5. The first-order valence-corrected chi connectivity index (χ1v) is 10.1. The van der Waals surface area contributed by atoms with Crippen LogP contribution in [0.25, 0.3) is 16.6 Å². The highest BCUT2D eigenvalue weighted by molar-refractivity contribution is 6.39. The van der Waals surface area contributed by atoms with Crippen LogP contribution in [0.3, 0.4) is 0 Å². The van der Waals surface area contributed by atoms with Crippen molar-refractivity contribution in [3.05, 3.63) is 68.2 Å². The lowest BCUT2D eigenvalue weighted by atomic mass is 10.2. The Morgan fingerprint density at radius 2 is 1.91 bits per heavy atom. The molecule has 4 aromatic rings. The van der Waals surface area contributed by atoms with Crippen LogP contribution < -0.4 is 22.3 Å². The lowest BCUT2D eigenvalue weighted by Gasteiger charge is -2.15. The molecule has 0 atom stereocenters. The first kappa shape index (κ1) is 22.2. The molecule has 0 radical (unpaired) electrons. The van der Waals surface area contributed by atoms with Crippen LogP contribution in [0, 0.1) is 17.1 Å². The summed E-state index contributed by atoms with van der Waals surface area (Å²) in [5.74, 6) is -0.440. The van der Waals surface area contributed by atoms with Gasteiger partial charge in [0, 0.05) is 19.0 Å². The van der Waals surface area contributed by atoms with Crippen LogP contribution in [0.5, 0.6) is 0 Å². The average Bonchev–Trinajstić information content (AvgIpc) is 2.76. The molecule has 5 N–H and O–H groups in total. The van der Waals surface area contributed by atoms with Crippen molar-refractivity contribution < 1.29 is 4.39 Å². The molecule has 0 saturated heterocycles. The van der Waals surface area contributed by atoms with Crippen LogP contribution in [-0.4, -0.2) is 31.0 Å². The summed E-state index contributed by atoms with van der Waals surface area (Å²) >= 11 is 12.5. The van der Waals surface area contributed by atoms with Crippen molar-refractivity contribution >= 4 is 51.7 Å². The Hall–Kier alpha value is -4.01. The molecule has 10 nitrogen and oxygen atoms in total. The zero-order chi connectivity index (χ0) is 23.7. The molecule has 4 rings (SSSR count). The Morgan fingerprint density at radius 1 is 1.15 bits per heavy atom. The molecule has 0 amide bonds.